The van der Waals surface area contributed by atoms with Crippen LogP contribution in [0.25, 0.3) is 0 Å². The van der Waals surface area contributed by atoms with Crippen LogP contribution in [-0.4, -0.2) is 19.0 Å². The van der Waals surface area contributed by atoms with E-state index in [0.29, 0.717) is 12.5 Å². The van der Waals surface area contributed by atoms with Crippen molar-refractivity contribution in [3.63, 3.8) is 0 Å². The molecule has 0 aliphatic rings. The van der Waals surface area contributed by atoms with Gasteiger partial charge in [-0.05, 0) is 43.2 Å². The van der Waals surface area contributed by atoms with Crippen LogP contribution in [0.1, 0.15) is 24.7 Å². The Morgan fingerprint density at radius 1 is 1.24 bits per heavy atom. The standard InChI is InChI=1S/C17H22N2O2/c1-13(5-10-16-4-3-11-21-16)19-15-8-6-14(7-9-15)12-17(20)18-2/h3-4,6-9,11,13,19H,5,10,12H2,1-2H3,(H,18,20). The van der Waals surface area contributed by atoms with Crippen molar-refractivity contribution in [1.29, 1.82) is 0 Å². The molecule has 4 nitrogen and oxygen atoms in total. The van der Waals surface area contributed by atoms with E-state index in [1.807, 2.05) is 36.4 Å². The second-order valence-electron chi connectivity index (χ2n) is 5.21. The minimum absolute atomic E-state index is 0.0301. The summed E-state index contributed by atoms with van der Waals surface area (Å²) in [5.41, 5.74) is 2.09. The molecule has 1 aromatic carbocycles. The van der Waals surface area contributed by atoms with Gasteiger partial charge in [0.1, 0.15) is 5.76 Å². The van der Waals surface area contributed by atoms with Crippen LogP contribution in [0.4, 0.5) is 5.69 Å². The molecule has 4 heteroatoms. The van der Waals surface area contributed by atoms with Gasteiger partial charge in [-0.25, -0.2) is 0 Å². The fraction of sp³-hybridized carbons (Fsp3) is 0.353. The third-order valence-corrected chi connectivity index (χ3v) is 3.41. The Kier molecular flexibility index (Phi) is 5.43. The van der Waals surface area contributed by atoms with E-state index in [-0.39, 0.29) is 5.91 Å². The summed E-state index contributed by atoms with van der Waals surface area (Å²) < 4.78 is 5.33. The fourth-order valence-corrected chi connectivity index (χ4v) is 2.16. The molecule has 0 aliphatic carbocycles. The highest BCUT2D eigenvalue weighted by atomic mass is 16.3. The highest BCUT2D eigenvalue weighted by Crippen LogP contribution is 2.14. The zero-order chi connectivity index (χ0) is 15.1. The minimum atomic E-state index is 0.0301. The molecule has 0 saturated carbocycles. The maximum absolute atomic E-state index is 11.3. The van der Waals surface area contributed by atoms with Gasteiger partial charge in [0.25, 0.3) is 0 Å². The third kappa shape index (κ3) is 4.99. The molecule has 1 atom stereocenters. The molecule has 2 aromatic rings. The van der Waals surface area contributed by atoms with E-state index in [1.165, 1.54) is 0 Å². The van der Waals surface area contributed by atoms with E-state index in [0.717, 1.165) is 29.9 Å². The Hall–Kier alpha value is -2.23. The first-order valence-corrected chi connectivity index (χ1v) is 7.26. The third-order valence-electron chi connectivity index (χ3n) is 3.41. The number of aryl methyl sites for hydroxylation is 1. The average Bonchev–Trinajstić information content (AvgIpc) is 3.00. The Labute approximate surface area is 125 Å². The topological polar surface area (TPSA) is 54.3 Å². The first-order chi connectivity index (χ1) is 10.2. The number of anilines is 1. The van der Waals surface area contributed by atoms with Gasteiger partial charge in [0.05, 0.1) is 12.7 Å². The number of nitrogens with one attached hydrogen (secondary N) is 2. The number of likely N-dealkylation sites (N-methyl/N-ethyl adjacent to an activating group) is 1. The molecule has 0 radical (unpaired) electrons. The Morgan fingerprint density at radius 2 is 2.00 bits per heavy atom. The number of benzene rings is 1. The van der Waals surface area contributed by atoms with Gasteiger partial charge in [0.2, 0.25) is 5.91 Å². The van der Waals surface area contributed by atoms with Gasteiger partial charge in [-0.1, -0.05) is 12.1 Å². The predicted molar refractivity (Wildman–Crippen MR) is 84.3 cm³/mol. The summed E-state index contributed by atoms with van der Waals surface area (Å²) in [6.07, 6.45) is 4.06. The van der Waals surface area contributed by atoms with Crippen molar-refractivity contribution in [2.45, 2.75) is 32.2 Å². The van der Waals surface area contributed by atoms with Gasteiger partial charge in [-0.15, -0.1) is 0 Å². The van der Waals surface area contributed by atoms with Crippen molar-refractivity contribution in [3.8, 4) is 0 Å². The average molecular weight is 286 g/mol. The van der Waals surface area contributed by atoms with Crippen LogP contribution in [-0.2, 0) is 17.6 Å². The Morgan fingerprint density at radius 3 is 2.62 bits per heavy atom. The first kappa shape index (κ1) is 15.2. The van der Waals surface area contributed by atoms with Gasteiger partial charge in [-0.2, -0.15) is 0 Å². The molecular formula is C17H22N2O2. The quantitative estimate of drug-likeness (QED) is 0.822. The minimum Gasteiger partial charge on any atom is -0.469 e. The number of rotatable bonds is 7. The lowest BCUT2D eigenvalue weighted by atomic mass is 10.1. The monoisotopic (exact) mass is 286 g/mol. The lowest BCUT2D eigenvalue weighted by Gasteiger charge is -2.15. The summed E-state index contributed by atoms with van der Waals surface area (Å²) in [7, 11) is 1.65. The smallest absolute Gasteiger partial charge is 0.224 e. The molecule has 0 bridgehead atoms. The molecular weight excluding hydrogens is 264 g/mol. The zero-order valence-electron chi connectivity index (χ0n) is 12.6. The Balaban J connectivity index is 1.80. The molecule has 1 unspecified atom stereocenters. The van der Waals surface area contributed by atoms with Crippen molar-refractivity contribution >= 4 is 11.6 Å². The molecule has 1 heterocycles. The van der Waals surface area contributed by atoms with Crippen LogP contribution in [0.3, 0.4) is 0 Å². The number of hydrogen-bond donors (Lipinski definition) is 2. The van der Waals surface area contributed by atoms with Crippen LogP contribution < -0.4 is 10.6 Å². The summed E-state index contributed by atoms with van der Waals surface area (Å²) >= 11 is 0. The molecule has 1 aromatic heterocycles. The van der Waals surface area contributed by atoms with Gasteiger partial charge < -0.3 is 15.1 Å². The number of amides is 1. The van der Waals surface area contributed by atoms with Crippen LogP contribution in [0, 0.1) is 0 Å². The second-order valence-corrected chi connectivity index (χ2v) is 5.21. The molecule has 2 rings (SSSR count). The fourth-order valence-electron chi connectivity index (χ4n) is 2.16. The molecule has 1 amide bonds. The summed E-state index contributed by atoms with van der Waals surface area (Å²) in [6, 6.07) is 12.3. The predicted octanol–water partition coefficient (Wildman–Crippen LogP) is 3.00. The van der Waals surface area contributed by atoms with Gasteiger partial charge in [0.15, 0.2) is 0 Å². The van der Waals surface area contributed by atoms with Crippen molar-refractivity contribution < 1.29 is 9.21 Å². The maximum atomic E-state index is 11.3. The first-order valence-electron chi connectivity index (χ1n) is 7.26. The van der Waals surface area contributed by atoms with Crippen LogP contribution in [0.2, 0.25) is 0 Å². The van der Waals surface area contributed by atoms with E-state index in [2.05, 4.69) is 17.6 Å². The van der Waals surface area contributed by atoms with Crippen LogP contribution in [0.5, 0.6) is 0 Å². The molecule has 2 N–H and O–H groups in total. The van der Waals surface area contributed by atoms with E-state index in [4.69, 9.17) is 4.42 Å². The van der Waals surface area contributed by atoms with E-state index >= 15 is 0 Å². The van der Waals surface area contributed by atoms with Gasteiger partial charge in [0, 0.05) is 25.2 Å². The van der Waals surface area contributed by atoms with Crippen LogP contribution >= 0.6 is 0 Å². The number of furan rings is 1. The number of hydrogen-bond acceptors (Lipinski definition) is 3. The Bertz CT molecular complexity index is 547. The second kappa shape index (κ2) is 7.53. The van der Waals surface area contributed by atoms with Crippen molar-refractivity contribution in [1.82, 2.24) is 5.32 Å². The van der Waals surface area contributed by atoms with Gasteiger partial charge in [-0.3, -0.25) is 4.79 Å². The number of carbonyl (C=O) groups is 1. The summed E-state index contributed by atoms with van der Waals surface area (Å²) in [4.78, 5) is 11.3. The van der Waals surface area contributed by atoms with Gasteiger partial charge >= 0.3 is 0 Å². The number of carbonyl (C=O) groups excluding carboxylic acids is 1. The summed E-state index contributed by atoms with van der Waals surface area (Å²) in [5.74, 6) is 1.05. The van der Waals surface area contributed by atoms with Crippen LogP contribution in [0.15, 0.2) is 47.1 Å². The molecule has 21 heavy (non-hydrogen) atoms. The largest absolute Gasteiger partial charge is 0.469 e. The highest BCUT2D eigenvalue weighted by molar-refractivity contribution is 5.78. The van der Waals surface area contributed by atoms with Crippen molar-refractivity contribution in [2.24, 2.45) is 0 Å². The maximum Gasteiger partial charge on any atom is 0.224 e. The molecule has 0 fully saturated rings. The molecule has 0 spiro atoms. The highest BCUT2D eigenvalue weighted by Gasteiger charge is 2.05. The van der Waals surface area contributed by atoms with Crippen molar-refractivity contribution in [2.75, 3.05) is 12.4 Å². The SMILES string of the molecule is CNC(=O)Cc1ccc(NC(C)CCc2ccco2)cc1. The normalized spacial score (nSPS) is 11.9. The molecule has 0 saturated heterocycles. The van der Waals surface area contributed by atoms with E-state index < -0.39 is 0 Å². The molecule has 0 aliphatic heterocycles. The van der Waals surface area contributed by atoms with E-state index in [9.17, 15) is 4.79 Å². The van der Waals surface area contributed by atoms with E-state index in [1.54, 1.807) is 13.3 Å². The molecule has 112 valence electrons. The lowest BCUT2D eigenvalue weighted by molar-refractivity contribution is -0.119. The summed E-state index contributed by atoms with van der Waals surface area (Å²) in [6.45, 7) is 2.15. The van der Waals surface area contributed by atoms with Crippen molar-refractivity contribution in [3.05, 3.63) is 54.0 Å². The zero-order valence-corrected chi connectivity index (χ0v) is 12.6. The lowest BCUT2D eigenvalue weighted by Crippen LogP contribution is -2.20. The summed E-state index contributed by atoms with van der Waals surface area (Å²) in [5, 5.41) is 6.08.